The molecule has 0 fully saturated rings. The molecule has 6 rings (SSSR count). The van der Waals surface area contributed by atoms with Crippen LogP contribution >= 0.6 is 11.6 Å². The molecule has 4 atom stereocenters. The summed E-state index contributed by atoms with van der Waals surface area (Å²) in [4.78, 5) is 41.5. The van der Waals surface area contributed by atoms with E-state index in [1.54, 1.807) is 27.3 Å². The van der Waals surface area contributed by atoms with E-state index in [1.165, 1.54) is 11.0 Å². The number of aliphatic hydroxyl groups is 3. The number of Topliss-reactive ketones (excluding diaryl/α,β-unsaturated/α-hetero) is 2. The molecule has 0 radical (unpaired) electrons. The number of primary amides is 1. The molecule has 0 aromatic heterocycles. The van der Waals surface area contributed by atoms with Crippen LogP contribution in [0.15, 0.2) is 77.3 Å². The van der Waals surface area contributed by atoms with Crippen LogP contribution < -0.4 is 15.8 Å². The van der Waals surface area contributed by atoms with E-state index in [1.807, 2.05) is 42.5 Å². The van der Waals surface area contributed by atoms with Crippen LogP contribution in [0.3, 0.4) is 0 Å². The van der Waals surface area contributed by atoms with Gasteiger partial charge in [0.1, 0.15) is 28.6 Å². The second-order valence-corrected chi connectivity index (χ2v) is 13.5. The number of halogens is 1. The number of nitrogens with one attached hydrogen (secondary N) is 1. The maximum atomic E-state index is 14.2. The van der Waals surface area contributed by atoms with Gasteiger partial charge in [-0.25, -0.2) is 0 Å². The first-order valence-corrected chi connectivity index (χ1v) is 16.3. The first kappa shape index (κ1) is 34.2. The fourth-order valence-corrected chi connectivity index (χ4v) is 7.82. The highest BCUT2D eigenvalue weighted by Gasteiger charge is 2.63. The lowest BCUT2D eigenvalue weighted by atomic mass is 9.58. The lowest BCUT2D eigenvalue weighted by Gasteiger charge is -2.50. The van der Waals surface area contributed by atoms with Gasteiger partial charge in [0.2, 0.25) is 5.78 Å². The number of hydrogen-bond donors (Lipinski definition) is 6. The lowest BCUT2D eigenvalue weighted by Crippen LogP contribution is -2.63. The molecule has 0 heterocycles. The largest absolute Gasteiger partial charge is 0.510 e. The third-order valence-corrected chi connectivity index (χ3v) is 10.2. The summed E-state index contributed by atoms with van der Waals surface area (Å²) >= 11 is 6.00. The van der Waals surface area contributed by atoms with Crippen molar-refractivity contribution in [2.75, 3.05) is 27.7 Å². The van der Waals surface area contributed by atoms with Crippen LogP contribution in [-0.4, -0.2) is 82.2 Å². The molecule has 0 aliphatic heterocycles. The number of hydrogen-bond acceptors (Lipinski definition) is 10. The molecule has 3 aromatic rings. The normalized spacial score (nSPS) is 23.3. The zero-order chi connectivity index (χ0) is 35.4. The minimum Gasteiger partial charge on any atom is -0.510 e. The van der Waals surface area contributed by atoms with Crippen molar-refractivity contribution >= 4 is 29.1 Å². The molecule has 1 amide bonds. The van der Waals surface area contributed by atoms with Crippen molar-refractivity contribution in [3.8, 4) is 22.6 Å². The molecular weight excluding hydrogens is 650 g/mol. The number of ketones is 2. The van der Waals surface area contributed by atoms with Crippen LogP contribution in [-0.2, 0) is 29.0 Å². The van der Waals surface area contributed by atoms with E-state index in [0.717, 1.165) is 24.1 Å². The zero-order valence-electron chi connectivity index (χ0n) is 27.3. The molecule has 0 saturated carbocycles. The molecular formula is C37H38ClN3O8. The van der Waals surface area contributed by atoms with E-state index in [2.05, 4.69) is 5.32 Å². The smallest absolute Gasteiger partial charge is 0.255 e. The number of phenolic OH excluding ortho intramolecular Hbond substituents is 1. The molecule has 12 heteroatoms. The van der Waals surface area contributed by atoms with Crippen molar-refractivity contribution in [2.45, 2.75) is 37.5 Å². The quantitative estimate of drug-likeness (QED) is 0.143. The van der Waals surface area contributed by atoms with Crippen molar-refractivity contribution < 1.29 is 39.5 Å². The fourth-order valence-electron chi connectivity index (χ4n) is 7.70. The minimum atomic E-state index is -2.70. The lowest BCUT2D eigenvalue weighted by molar-refractivity contribution is -0.148. The van der Waals surface area contributed by atoms with Gasteiger partial charge < -0.3 is 36.2 Å². The molecule has 49 heavy (non-hydrogen) atoms. The van der Waals surface area contributed by atoms with E-state index in [9.17, 15) is 34.8 Å². The van der Waals surface area contributed by atoms with Crippen LogP contribution in [0.4, 0.5) is 0 Å². The summed E-state index contributed by atoms with van der Waals surface area (Å²) in [6, 6.07) is 15.5. The standard InChI is InChI=1S/C37H38ClN3O8/c1-41(2)31-25-16-20-15-24-22(23-14-19(6-11-27(23)49-3)17-40-13-12-18-4-7-21(38)8-5-18)9-10-26(42)29(24)32(43)28(20)34(45)37(25,48)35(46)30(33(31)44)36(39)47/h4-11,14,20,25,31,40,42,44-45,48H,12-13,15-17H2,1-3H3,(H2,39,47)/t20-,25-,31-,37-/m0/s1. The van der Waals surface area contributed by atoms with Crippen molar-refractivity contribution in [1.29, 1.82) is 0 Å². The highest BCUT2D eigenvalue weighted by molar-refractivity contribution is 6.30. The molecule has 0 spiro atoms. The van der Waals surface area contributed by atoms with E-state index < -0.39 is 58.0 Å². The summed E-state index contributed by atoms with van der Waals surface area (Å²) in [6.45, 7) is 1.28. The Morgan fingerprint density at radius 2 is 1.73 bits per heavy atom. The van der Waals surface area contributed by atoms with Crippen LogP contribution in [0.1, 0.15) is 33.5 Å². The van der Waals surface area contributed by atoms with Crippen LogP contribution in [0, 0.1) is 11.8 Å². The number of ether oxygens (including phenoxy) is 1. The topological polar surface area (TPSA) is 183 Å². The molecule has 7 N–H and O–H groups in total. The third-order valence-electron chi connectivity index (χ3n) is 9.99. The molecule has 3 aromatic carbocycles. The van der Waals surface area contributed by atoms with E-state index in [-0.39, 0.29) is 29.7 Å². The Balaban J connectivity index is 1.38. The molecule has 0 unspecified atom stereocenters. The Morgan fingerprint density at radius 3 is 2.39 bits per heavy atom. The number of carbonyl (C=O) groups is 3. The van der Waals surface area contributed by atoms with Crippen LogP contribution in [0.25, 0.3) is 11.1 Å². The number of benzene rings is 3. The first-order chi connectivity index (χ1) is 23.3. The Kier molecular flexibility index (Phi) is 9.06. The number of phenols is 1. The minimum absolute atomic E-state index is 0.00439. The van der Waals surface area contributed by atoms with Gasteiger partial charge in [-0.15, -0.1) is 0 Å². The fraction of sp³-hybridized carbons (Fsp3) is 0.324. The molecule has 11 nitrogen and oxygen atoms in total. The van der Waals surface area contributed by atoms with Gasteiger partial charge in [0.05, 0.1) is 18.7 Å². The SMILES string of the molecule is COc1ccc(CNCCc2ccc(Cl)cc2)cc1-c1ccc(O)c2c1C[C@H]1C[C@H]3[C@H](N(C)C)C(O)=C(C(N)=O)C(=O)[C@@]3(O)C(O)=C1C2=O. The van der Waals surface area contributed by atoms with Crippen molar-refractivity contribution in [1.82, 2.24) is 10.2 Å². The number of nitrogens with two attached hydrogens (primary N) is 1. The van der Waals surface area contributed by atoms with Crippen molar-refractivity contribution in [3.05, 3.63) is 105 Å². The zero-order valence-corrected chi connectivity index (χ0v) is 28.0. The summed E-state index contributed by atoms with van der Waals surface area (Å²) in [5.74, 6) is -6.40. The molecule has 3 aliphatic rings. The number of rotatable bonds is 9. The van der Waals surface area contributed by atoms with Crippen molar-refractivity contribution in [3.63, 3.8) is 0 Å². The highest BCUT2D eigenvalue weighted by Crippen LogP contribution is 2.53. The maximum absolute atomic E-state index is 14.2. The summed E-state index contributed by atoms with van der Waals surface area (Å²) in [5.41, 5.74) is 5.58. The van der Waals surface area contributed by atoms with Crippen LogP contribution in [0.5, 0.6) is 11.5 Å². The summed E-state index contributed by atoms with van der Waals surface area (Å²) < 4.78 is 5.72. The second kappa shape index (κ2) is 13.0. The van der Waals surface area contributed by atoms with Gasteiger partial charge in [-0.2, -0.15) is 0 Å². The van der Waals surface area contributed by atoms with Gasteiger partial charge in [0.15, 0.2) is 11.4 Å². The summed E-state index contributed by atoms with van der Waals surface area (Å²) in [6.07, 6.45) is 0.965. The number of allylic oxidation sites excluding steroid dienone is 1. The van der Waals surface area contributed by atoms with E-state index in [0.29, 0.717) is 34.0 Å². The monoisotopic (exact) mass is 687 g/mol. The Morgan fingerprint density at radius 1 is 1.04 bits per heavy atom. The number of fused-ring (bicyclic) bond motifs is 3. The molecule has 0 bridgehead atoms. The third kappa shape index (κ3) is 5.66. The highest BCUT2D eigenvalue weighted by atomic mass is 35.5. The van der Waals surface area contributed by atoms with Crippen LogP contribution in [0.2, 0.25) is 5.02 Å². The van der Waals surface area contributed by atoms with E-state index in [4.69, 9.17) is 22.1 Å². The Labute approximate surface area is 288 Å². The second-order valence-electron chi connectivity index (χ2n) is 13.0. The number of amides is 1. The average Bonchev–Trinajstić information content (AvgIpc) is 3.05. The number of carbonyl (C=O) groups excluding carboxylic acids is 3. The number of methoxy groups -OCH3 is 1. The maximum Gasteiger partial charge on any atom is 0.255 e. The van der Waals surface area contributed by atoms with Gasteiger partial charge in [0, 0.05) is 28.6 Å². The van der Waals surface area contributed by atoms with Gasteiger partial charge in [-0.3, -0.25) is 19.3 Å². The number of aliphatic hydroxyl groups excluding tert-OH is 2. The summed E-state index contributed by atoms with van der Waals surface area (Å²) in [7, 11) is 4.73. The van der Waals surface area contributed by atoms with E-state index >= 15 is 0 Å². The predicted molar refractivity (Wildman–Crippen MR) is 183 cm³/mol. The number of aromatic hydroxyl groups is 1. The number of likely N-dealkylation sites (N-methyl/N-ethyl adjacent to an activating group) is 1. The Hall–Kier alpha value is -4.68. The summed E-state index contributed by atoms with van der Waals surface area (Å²) in [5, 5.41) is 49.6. The molecule has 256 valence electrons. The van der Waals surface area contributed by atoms with Gasteiger partial charge in [-0.1, -0.05) is 35.9 Å². The first-order valence-electron chi connectivity index (χ1n) is 15.9. The van der Waals surface area contributed by atoms with Gasteiger partial charge >= 0.3 is 0 Å². The average molecular weight is 688 g/mol. The predicted octanol–water partition coefficient (Wildman–Crippen LogP) is 3.78. The Bertz CT molecular complexity index is 1940. The number of nitrogens with zero attached hydrogens (tertiary/aromatic N) is 1. The van der Waals surface area contributed by atoms with Gasteiger partial charge in [-0.05, 0) is 98.4 Å². The van der Waals surface area contributed by atoms with Crippen molar-refractivity contribution in [2.24, 2.45) is 17.6 Å². The molecule has 3 aliphatic carbocycles. The van der Waals surface area contributed by atoms with Gasteiger partial charge in [0.25, 0.3) is 5.91 Å². The molecule has 0 saturated heterocycles.